The molecule has 4 aromatic heterocycles. The summed E-state index contributed by atoms with van der Waals surface area (Å²) in [6, 6.07) is 16.2. The van der Waals surface area contributed by atoms with Crippen LogP contribution >= 0.6 is 23.5 Å². The maximum atomic E-state index is 5.82. The molecule has 0 unspecified atom stereocenters. The quantitative estimate of drug-likeness (QED) is 0.211. The Labute approximate surface area is 234 Å². The number of nitrogens with two attached hydrogens (primary N) is 2. The number of aryl methyl sites for hydroxylation is 2. The smallest absolute Gasteiger partial charge is 0.171 e. The standard InChI is InChI=1S/2C14H14N4S.H2O/c2*1-8-4-3-5-10-12(8)18-14(17-10)19-11-6-7-16-13(15)9(11)2;/h2*3-7H,1-2H3,(H2,15,16)(H,17,18);1H2. The highest BCUT2D eigenvalue weighted by molar-refractivity contribution is 7.99. The SMILES string of the molecule is Cc1c(Sc2nc3c(C)cccc3[nH]2)ccnc1N.Cc1c(Sc2nc3c(C)cccc3[nH]2)ccnc1N.O. The predicted octanol–water partition coefficient (Wildman–Crippen LogP) is 5.79. The fourth-order valence-electron chi connectivity index (χ4n) is 3.90. The van der Waals surface area contributed by atoms with Gasteiger partial charge in [0.1, 0.15) is 11.6 Å². The first-order valence-corrected chi connectivity index (χ1v) is 13.6. The average molecular weight is 559 g/mol. The van der Waals surface area contributed by atoms with Crippen LogP contribution in [0.3, 0.4) is 0 Å². The van der Waals surface area contributed by atoms with Crippen LogP contribution in [0.2, 0.25) is 0 Å². The maximum Gasteiger partial charge on any atom is 0.171 e. The zero-order valence-corrected chi connectivity index (χ0v) is 23.7. The van der Waals surface area contributed by atoms with E-state index in [9.17, 15) is 0 Å². The first-order valence-electron chi connectivity index (χ1n) is 12.0. The highest BCUT2D eigenvalue weighted by Crippen LogP contribution is 2.32. The van der Waals surface area contributed by atoms with Crippen LogP contribution in [0.1, 0.15) is 22.3 Å². The summed E-state index contributed by atoms with van der Waals surface area (Å²) >= 11 is 3.15. The summed E-state index contributed by atoms with van der Waals surface area (Å²) in [6.45, 7) is 8.07. The Morgan fingerprint density at radius 1 is 0.615 bits per heavy atom. The van der Waals surface area contributed by atoms with Crippen LogP contribution in [0.15, 0.2) is 81.0 Å². The number of hydrogen-bond acceptors (Lipinski definition) is 8. The number of fused-ring (bicyclic) bond motifs is 2. The van der Waals surface area contributed by atoms with Gasteiger partial charge < -0.3 is 26.9 Å². The van der Waals surface area contributed by atoms with E-state index in [1.807, 2.05) is 50.2 Å². The van der Waals surface area contributed by atoms with Crippen molar-refractivity contribution in [3.05, 3.63) is 83.2 Å². The van der Waals surface area contributed by atoms with Crippen molar-refractivity contribution in [3.63, 3.8) is 0 Å². The van der Waals surface area contributed by atoms with Crippen molar-refractivity contribution >= 4 is 57.2 Å². The Morgan fingerprint density at radius 3 is 1.41 bits per heavy atom. The number of para-hydroxylation sites is 2. The summed E-state index contributed by atoms with van der Waals surface area (Å²) in [5.74, 6) is 1.13. The summed E-state index contributed by atoms with van der Waals surface area (Å²) in [6.07, 6.45) is 3.44. The average Bonchev–Trinajstić information content (AvgIpc) is 3.50. The predicted molar refractivity (Wildman–Crippen MR) is 160 cm³/mol. The highest BCUT2D eigenvalue weighted by Gasteiger charge is 2.10. The highest BCUT2D eigenvalue weighted by atomic mass is 32.2. The number of benzene rings is 2. The molecule has 39 heavy (non-hydrogen) atoms. The molecule has 0 spiro atoms. The Balaban J connectivity index is 0.000000176. The van der Waals surface area contributed by atoms with Crippen molar-refractivity contribution in [2.75, 3.05) is 11.5 Å². The topological polar surface area (TPSA) is 167 Å². The van der Waals surface area contributed by atoms with Gasteiger partial charge in [-0.05, 0) is 63.1 Å². The molecule has 0 bridgehead atoms. The Kier molecular flexibility index (Phi) is 8.44. The van der Waals surface area contributed by atoms with Crippen molar-refractivity contribution < 1.29 is 5.48 Å². The van der Waals surface area contributed by atoms with Crippen LogP contribution in [0.25, 0.3) is 22.1 Å². The van der Waals surface area contributed by atoms with Gasteiger partial charge in [0.05, 0.1) is 22.1 Å². The van der Waals surface area contributed by atoms with Crippen molar-refractivity contribution in [3.8, 4) is 0 Å². The number of hydrogen-bond donors (Lipinski definition) is 4. The molecule has 8 N–H and O–H groups in total. The lowest BCUT2D eigenvalue weighted by Crippen LogP contribution is -1.94. The maximum absolute atomic E-state index is 5.82. The molecule has 0 aliphatic carbocycles. The third kappa shape index (κ3) is 6.00. The molecular weight excluding hydrogens is 528 g/mol. The number of pyridine rings is 2. The van der Waals surface area contributed by atoms with Gasteiger partial charge in [-0.2, -0.15) is 0 Å². The van der Waals surface area contributed by atoms with Gasteiger partial charge in [-0.1, -0.05) is 47.8 Å². The Bertz CT molecular complexity index is 1630. The fourth-order valence-corrected chi connectivity index (χ4v) is 5.68. The normalized spacial score (nSPS) is 10.8. The van der Waals surface area contributed by atoms with Crippen molar-refractivity contribution in [2.45, 2.75) is 47.8 Å². The molecule has 9 nitrogen and oxygen atoms in total. The van der Waals surface area contributed by atoms with E-state index in [0.29, 0.717) is 11.6 Å². The van der Waals surface area contributed by atoms with Crippen molar-refractivity contribution in [1.29, 1.82) is 0 Å². The molecule has 6 rings (SSSR count). The minimum Gasteiger partial charge on any atom is -0.412 e. The van der Waals surface area contributed by atoms with E-state index >= 15 is 0 Å². The number of nitrogens with zero attached hydrogens (tertiary/aromatic N) is 4. The summed E-state index contributed by atoms with van der Waals surface area (Å²) in [5.41, 5.74) is 20.1. The van der Waals surface area contributed by atoms with E-state index in [-0.39, 0.29) is 5.48 Å². The Hall–Kier alpha value is -4.06. The third-order valence-electron chi connectivity index (χ3n) is 6.19. The third-order valence-corrected chi connectivity index (χ3v) is 8.28. The molecule has 200 valence electrons. The molecule has 2 aromatic carbocycles. The number of rotatable bonds is 4. The molecule has 4 heterocycles. The van der Waals surface area contributed by atoms with E-state index in [0.717, 1.165) is 53.3 Å². The summed E-state index contributed by atoms with van der Waals surface area (Å²) in [5, 5.41) is 1.75. The van der Waals surface area contributed by atoms with Crippen molar-refractivity contribution in [2.24, 2.45) is 0 Å². The number of nitrogen functional groups attached to an aromatic ring is 2. The van der Waals surface area contributed by atoms with Gasteiger partial charge >= 0.3 is 0 Å². The monoisotopic (exact) mass is 558 g/mol. The van der Waals surface area contributed by atoms with E-state index in [2.05, 4.69) is 55.9 Å². The number of imidazole rings is 2. The lowest BCUT2D eigenvalue weighted by Gasteiger charge is -2.04. The van der Waals surface area contributed by atoms with Gasteiger partial charge in [-0.25, -0.2) is 19.9 Å². The van der Waals surface area contributed by atoms with E-state index in [1.165, 1.54) is 11.1 Å². The lowest BCUT2D eigenvalue weighted by molar-refractivity contribution is 0.824. The lowest BCUT2D eigenvalue weighted by atomic mass is 10.2. The number of anilines is 2. The molecule has 6 aromatic rings. The summed E-state index contributed by atoms with van der Waals surface area (Å²) < 4.78 is 0. The number of aromatic amines is 2. The second kappa shape index (κ2) is 11.8. The molecule has 0 atom stereocenters. The largest absolute Gasteiger partial charge is 0.412 e. The first-order chi connectivity index (χ1) is 18.3. The van der Waals surface area contributed by atoms with Crippen LogP contribution < -0.4 is 11.5 Å². The van der Waals surface area contributed by atoms with E-state index in [1.54, 1.807) is 35.9 Å². The molecule has 0 fully saturated rings. The van der Waals surface area contributed by atoms with Gasteiger partial charge in [0.2, 0.25) is 0 Å². The van der Waals surface area contributed by atoms with Crippen LogP contribution in [-0.2, 0) is 0 Å². The molecule has 0 amide bonds. The van der Waals surface area contributed by atoms with Gasteiger partial charge in [0.15, 0.2) is 10.3 Å². The van der Waals surface area contributed by atoms with E-state index in [4.69, 9.17) is 11.5 Å². The van der Waals surface area contributed by atoms with Gasteiger partial charge in [0.25, 0.3) is 0 Å². The zero-order chi connectivity index (χ0) is 26.8. The molecule has 0 aliphatic rings. The number of nitrogens with one attached hydrogen (secondary N) is 2. The van der Waals surface area contributed by atoms with Crippen molar-refractivity contribution in [1.82, 2.24) is 29.9 Å². The Morgan fingerprint density at radius 2 is 1.03 bits per heavy atom. The molecule has 0 radical (unpaired) electrons. The first kappa shape index (κ1) is 28.0. The number of aromatic nitrogens is 6. The molecule has 0 saturated heterocycles. The number of H-pyrrole nitrogens is 2. The van der Waals surface area contributed by atoms with Crippen LogP contribution in [-0.4, -0.2) is 35.4 Å². The molecular formula is C28H30N8OS2. The van der Waals surface area contributed by atoms with Crippen LogP contribution in [0.5, 0.6) is 0 Å². The van der Waals surface area contributed by atoms with E-state index < -0.39 is 0 Å². The van der Waals surface area contributed by atoms with Gasteiger partial charge in [-0.3, -0.25) is 0 Å². The molecule has 11 heteroatoms. The fraction of sp³-hybridized carbons (Fsp3) is 0.143. The minimum absolute atomic E-state index is 0. The summed E-state index contributed by atoms with van der Waals surface area (Å²) in [7, 11) is 0. The second-order valence-electron chi connectivity index (χ2n) is 8.87. The second-order valence-corrected chi connectivity index (χ2v) is 10.9. The van der Waals surface area contributed by atoms with Gasteiger partial charge in [-0.15, -0.1) is 0 Å². The van der Waals surface area contributed by atoms with Gasteiger partial charge in [0, 0.05) is 33.3 Å². The zero-order valence-electron chi connectivity index (χ0n) is 22.0. The van der Waals surface area contributed by atoms with Crippen LogP contribution in [0.4, 0.5) is 11.6 Å². The molecule has 0 saturated carbocycles. The van der Waals surface area contributed by atoms with Crippen LogP contribution in [0, 0.1) is 27.7 Å². The minimum atomic E-state index is 0. The molecule has 0 aliphatic heterocycles. The summed E-state index contributed by atoms with van der Waals surface area (Å²) in [4.78, 5) is 26.2.